The van der Waals surface area contributed by atoms with Gasteiger partial charge in [0.2, 0.25) is 0 Å². The van der Waals surface area contributed by atoms with Crippen LogP contribution in [0.2, 0.25) is 0 Å². The van der Waals surface area contributed by atoms with Gasteiger partial charge in [0.1, 0.15) is 11.4 Å². The zero-order valence-electron chi connectivity index (χ0n) is 18.2. The first-order chi connectivity index (χ1) is 15.7. The number of hydrogen-bond donors (Lipinski definition) is 0. The highest BCUT2D eigenvalue weighted by molar-refractivity contribution is 6.23. The van der Waals surface area contributed by atoms with Gasteiger partial charge in [0.15, 0.2) is 0 Å². The van der Waals surface area contributed by atoms with E-state index in [0.29, 0.717) is 6.42 Å². The van der Waals surface area contributed by atoms with Crippen molar-refractivity contribution in [3.63, 3.8) is 0 Å². The minimum atomic E-state index is -0.0763. The van der Waals surface area contributed by atoms with Crippen molar-refractivity contribution < 1.29 is 9.53 Å². The molecule has 0 bridgehead atoms. The highest BCUT2D eigenvalue weighted by Crippen LogP contribution is 2.40. The van der Waals surface area contributed by atoms with Gasteiger partial charge in [-0.25, -0.2) is 0 Å². The van der Waals surface area contributed by atoms with Gasteiger partial charge < -0.3 is 4.74 Å². The van der Waals surface area contributed by atoms with Gasteiger partial charge in [0.25, 0.3) is 5.91 Å². The summed E-state index contributed by atoms with van der Waals surface area (Å²) in [6.07, 6.45) is 1.49. The van der Waals surface area contributed by atoms with Crippen LogP contribution in [0, 0.1) is 0 Å². The Hall–Kier alpha value is -3.92. The summed E-state index contributed by atoms with van der Waals surface area (Å²) >= 11 is 0. The molecule has 0 unspecified atom stereocenters. The highest BCUT2D eigenvalue weighted by atomic mass is 16.5. The van der Waals surface area contributed by atoms with Crippen LogP contribution in [0.3, 0.4) is 0 Å². The number of fused-ring (bicyclic) bond motifs is 1. The minimum absolute atomic E-state index is 0.0763. The SMILES string of the molecule is CCC1=C(c2ccc(OC)cc2)C(=O)n2nc(-c3ccccc3)c(-c3ccccc3)c2C1. The van der Waals surface area contributed by atoms with Crippen LogP contribution in [0.4, 0.5) is 0 Å². The monoisotopic (exact) mass is 420 g/mol. The normalized spacial score (nSPS) is 13.2. The Morgan fingerprint density at radius 3 is 2.06 bits per heavy atom. The summed E-state index contributed by atoms with van der Waals surface area (Å²) in [7, 11) is 1.64. The van der Waals surface area contributed by atoms with E-state index >= 15 is 0 Å². The zero-order chi connectivity index (χ0) is 22.1. The molecule has 1 aromatic heterocycles. The summed E-state index contributed by atoms with van der Waals surface area (Å²) < 4.78 is 6.91. The maximum atomic E-state index is 13.8. The Morgan fingerprint density at radius 2 is 1.47 bits per heavy atom. The smallest absolute Gasteiger partial charge is 0.279 e. The van der Waals surface area contributed by atoms with Crippen LogP contribution in [-0.2, 0) is 6.42 Å². The molecule has 32 heavy (non-hydrogen) atoms. The average Bonchev–Trinajstić information content (AvgIpc) is 3.25. The number of nitrogens with zero attached hydrogens (tertiary/aromatic N) is 2. The lowest BCUT2D eigenvalue weighted by molar-refractivity contribution is 0.0958. The number of ether oxygens (including phenoxy) is 1. The largest absolute Gasteiger partial charge is 0.497 e. The molecule has 158 valence electrons. The highest BCUT2D eigenvalue weighted by Gasteiger charge is 2.32. The molecule has 1 aliphatic rings. The van der Waals surface area contributed by atoms with Crippen LogP contribution >= 0.6 is 0 Å². The van der Waals surface area contributed by atoms with Gasteiger partial charge in [-0.2, -0.15) is 9.78 Å². The first kappa shape index (κ1) is 20.0. The van der Waals surface area contributed by atoms with E-state index in [4.69, 9.17) is 9.84 Å². The molecule has 4 aromatic rings. The van der Waals surface area contributed by atoms with Crippen LogP contribution in [-0.4, -0.2) is 22.8 Å². The van der Waals surface area contributed by atoms with Crippen molar-refractivity contribution in [1.82, 2.24) is 9.78 Å². The second-order valence-corrected chi connectivity index (χ2v) is 7.86. The lowest BCUT2D eigenvalue weighted by atomic mass is 9.88. The molecule has 0 radical (unpaired) electrons. The molecule has 3 aromatic carbocycles. The van der Waals surface area contributed by atoms with Gasteiger partial charge in [0.05, 0.1) is 12.8 Å². The second-order valence-electron chi connectivity index (χ2n) is 7.86. The summed E-state index contributed by atoms with van der Waals surface area (Å²) in [6, 6.07) is 28.0. The van der Waals surface area contributed by atoms with E-state index < -0.39 is 0 Å². The number of benzene rings is 3. The fourth-order valence-corrected chi connectivity index (χ4v) is 4.43. The average molecular weight is 421 g/mol. The van der Waals surface area contributed by atoms with Crippen molar-refractivity contribution in [3.8, 4) is 28.1 Å². The van der Waals surface area contributed by atoms with E-state index in [-0.39, 0.29) is 5.91 Å². The predicted molar refractivity (Wildman–Crippen MR) is 128 cm³/mol. The quantitative estimate of drug-likeness (QED) is 0.381. The second kappa shape index (κ2) is 8.31. The van der Waals surface area contributed by atoms with E-state index in [1.165, 1.54) is 0 Å². The molecule has 0 atom stereocenters. The number of aromatic nitrogens is 2. The molecular formula is C28H24N2O2. The summed E-state index contributed by atoms with van der Waals surface area (Å²) in [5.74, 6) is 0.695. The molecule has 4 nitrogen and oxygen atoms in total. The molecule has 0 fully saturated rings. The van der Waals surface area contributed by atoms with Gasteiger partial charge in [-0.3, -0.25) is 4.79 Å². The lowest BCUT2D eigenvalue weighted by Gasteiger charge is -2.21. The number of carbonyl (C=O) groups excluding carboxylic acids is 1. The first-order valence-corrected chi connectivity index (χ1v) is 10.8. The molecule has 0 N–H and O–H groups in total. The van der Waals surface area contributed by atoms with Crippen molar-refractivity contribution >= 4 is 11.5 Å². The Morgan fingerprint density at radius 1 is 0.844 bits per heavy atom. The molecule has 0 saturated carbocycles. The standard InChI is InChI=1S/C28H24N2O2/c1-3-19-18-24-26(20-10-6-4-7-11-20)27(22-12-8-5-9-13-22)29-30(24)28(31)25(19)21-14-16-23(32-2)17-15-21/h4-17H,3,18H2,1-2H3. The van der Waals surface area contributed by atoms with Gasteiger partial charge in [-0.15, -0.1) is 0 Å². The van der Waals surface area contributed by atoms with Crippen LogP contribution in [0.1, 0.15) is 29.4 Å². The topological polar surface area (TPSA) is 44.1 Å². The van der Waals surface area contributed by atoms with Crippen molar-refractivity contribution in [2.45, 2.75) is 19.8 Å². The third-order valence-electron chi connectivity index (χ3n) is 6.04. The Labute approximate surface area is 187 Å². The molecule has 0 saturated heterocycles. The molecule has 1 aliphatic heterocycles. The molecule has 0 spiro atoms. The Kier molecular flexibility index (Phi) is 5.20. The van der Waals surface area contributed by atoms with E-state index in [1.54, 1.807) is 11.8 Å². The number of carbonyl (C=O) groups is 1. The lowest BCUT2D eigenvalue weighted by Crippen LogP contribution is -2.24. The zero-order valence-corrected chi connectivity index (χ0v) is 18.2. The third kappa shape index (κ3) is 3.34. The van der Waals surface area contributed by atoms with E-state index in [1.807, 2.05) is 72.8 Å². The number of allylic oxidation sites excluding steroid dienone is 2. The fraction of sp³-hybridized carbons (Fsp3) is 0.143. The van der Waals surface area contributed by atoms with Gasteiger partial charge in [0, 0.05) is 23.1 Å². The maximum Gasteiger partial charge on any atom is 0.279 e. The first-order valence-electron chi connectivity index (χ1n) is 10.8. The van der Waals surface area contributed by atoms with Gasteiger partial charge >= 0.3 is 0 Å². The fourth-order valence-electron chi connectivity index (χ4n) is 4.43. The van der Waals surface area contributed by atoms with Crippen LogP contribution in [0.25, 0.3) is 28.0 Å². The number of rotatable bonds is 5. The van der Waals surface area contributed by atoms with Crippen LogP contribution in [0.5, 0.6) is 5.75 Å². The van der Waals surface area contributed by atoms with E-state index in [0.717, 1.165) is 57.0 Å². The number of methoxy groups -OCH3 is 1. The van der Waals surface area contributed by atoms with Gasteiger partial charge in [-0.05, 0) is 29.7 Å². The van der Waals surface area contributed by atoms with Crippen molar-refractivity contribution in [2.75, 3.05) is 7.11 Å². The number of hydrogen-bond acceptors (Lipinski definition) is 3. The molecule has 0 amide bonds. The third-order valence-corrected chi connectivity index (χ3v) is 6.04. The Balaban J connectivity index is 1.71. The van der Waals surface area contributed by atoms with Crippen molar-refractivity contribution in [1.29, 1.82) is 0 Å². The van der Waals surface area contributed by atoms with E-state index in [9.17, 15) is 4.79 Å². The van der Waals surface area contributed by atoms with Crippen LogP contribution in [0.15, 0.2) is 90.5 Å². The minimum Gasteiger partial charge on any atom is -0.497 e. The summed E-state index contributed by atoms with van der Waals surface area (Å²) in [6.45, 7) is 2.11. The summed E-state index contributed by atoms with van der Waals surface area (Å²) in [5.41, 5.74) is 7.67. The van der Waals surface area contributed by atoms with Crippen molar-refractivity contribution in [3.05, 3.63) is 102 Å². The maximum absolute atomic E-state index is 13.8. The predicted octanol–water partition coefficient (Wildman–Crippen LogP) is 6.29. The molecular weight excluding hydrogens is 396 g/mol. The van der Waals surface area contributed by atoms with Crippen LogP contribution < -0.4 is 4.74 Å². The summed E-state index contributed by atoms with van der Waals surface area (Å²) in [5, 5.41) is 4.86. The molecule has 4 heteroatoms. The molecule has 2 heterocycles. The Bertz CT molecular complexity index is 1300. The van der Waals surface area contributed by atoms with E-state index in [2.05, 4.69) is 19.1 Å². The van der Waals surface area contributed by atoms with Crippen molar-refractivity contribution in [2.24, 2.45) is 0 Å². The molecule has 0 aliphatic carbocycles. The summed E-state index contributed by atoms with van der Waals surface area (Å²) in [4.78, 5) is 13.8. The van der Waals surface area contributed by atoms with Gasteiger partial charge in [-0.1, -0.05) is 85.3 Å². The molecule has 5 rings (SSSR count).